The van der Waals surface area contributed by atoms with Gasteiger partial charge in [-0.3, -0.25) is 4.99 Å². The second-order valence-electron chi connectivity index (χ2n) is 6.31. The molecule has 2 aromatic rings. The number of nitrogens with one attached hydrogen (secondary N) is 2. The monoisotopic (exact) mass is 474 g/mol. The van der Waals surface area contributed by atoms with Crippen LogP contribution in [-0.2, 0) is 13.0 Å². The van der Waals surface area contributed by atoms with Crippen LogP contribution in [-0.4, -0.2) is 39.9 Å². The second-order valence-corrected chi connectivity index (χ2v) is 7.09. The Morgan fingerprint density at radius 2 is 2.36 bits per heavy atom. The van der Waals surface area contributed by atoms with Crippen LogP contribution in [0.1, 0.15) is 43.4 Å². The van der Waals surface area contributed by atoms with Crippen LogP contribution >= 0.6 is 35.3 Å². The third kappa shape index (κ3) is 5.40. The normalized spacial score (nSPS) is 18.2. The number of guanidine groups is 1. The van der Waals surface area contributed by atoms with E-state index in [0.29, 0.717) is 12.0 Å². The zero-order valence-corrected chi connectivity index (χ0v) is 18.2. The lowest BCUT2D eigenvalue weighted by Crippen LogP contribution is -2.47. The molecular formula is C17H27IN6S. The van der Waals surface area contributed by atoms with E-state index >= 15 is 0 Å². The summed E-state index contributed by atoms with van der Waals surface area (Å²) in [5.41, 5.74) is 1.36. The van der Waals surface area contributed by atoms with Crippen molar-refractivity contribution in [3.8, 4) is 0 Å². The predicted octanol–water partition coefficient (Wildman–Crippen LogP) is 2.94. The van der Waals surface area contributed by atoms with E-state index in [1.807, 2.05) is 11.6 Å². The van der Waals surface area contributed by atoms with E-state index in [1.54, 1.807) is 11.3 Å². The first-order valence-corrected chi connectivity index (χ1v) is 9.57. The van der Waals surface area contributed by atoms with Gasteiger partial charge >= 0.3 is 0 Å². The van der Waals surface area contributed by atoms with Crippen LogP contribution < -0.4 is 10.6 Å². The third-order valence-electron chi connectivity index (χ3n) is 4.28. The summed E-state index contributed by atoms with van der Waals surface area (Å²) in [4.78, 5) is 9.25. The van der Waals surface area contributed by atoms with Crippen molar-refractivity contribution >= 4 is 41.3 Å². The van der Waals surface area contributed by atoms with Crippen molar-refractivity contribution in [2.24, 2.45) is 4.99 Å². The average molecular weight is 474 g/mol. The minimum atomic E-state index is 0. The van der Waals surface area contributed by atoms with Gasteiger partial charge in [-0.05, 0) is 42.7 Å². The van der Waals surface area contributed by atoms with Crippen molar-refractivity contribution in [1.29, 1.82) is 0 Å². The quantitative estimate of drug-likeness (QED) is 0.398. The molecule has 1 aliphatic rings. The molecule has 138 valence electrons. The highest BCUT2D eigenvalue weighted by Crippen LogP contribution is 2.18. The lowest BCUT2D eigenvalue weighted by atomic mass is 10.1. The molecular weight excluding hydrogens is 447 g/mol. The number of aliphatic imine (C=N–C) groups is 1. The highest BCUT2D eigenvalue weighted by Gasteiger charge is 2.21. The van der Waals surface area contributed by atoms with Gasteiger partial charge in [0.1, 0.15) is 11.6 Å². The molecule has 0 spiro atoms. The number of rotatable bonds is 5. The lowest BCUT2D eigenvalue weighted by Gasteiger charge is -2.25. The van der Waals surface area contributed by atoms with Crippen molar-refractivity contribution < 1.29 is 0 Å². The molecule has 0 aliphatic carbocycles. The van der Waals surface area contributed by atoms with Crippen molar-refractivity contribution in [2.75, 3.05) is 13.1 Å². The molecule has 0 fully saturated rings. The molecule has 0 amide bonds. The van der Waals surface area contributed by atoms with Crippen LogP contribution in [0.25, 0.3) is 0 Å². The van der Waals surface area contributed by atoms with E-state index in [0.717, 1.165) is 50.1 Å². The fourth-order valence-corrected chi connectivity index (χ4v) is 3.74. The standard InChI is InChI=1S/C17H26N6S.HI/c1-4-18-17(19-9-12(2)14-7-8-24-11-14)21-15-5-6-16-20-13(3)22-23(16)10-15;/h7-8,11-12,15H,4-6,9-10H2,1-3H3,(H2,18,19,21);1H. The van der Waals surface area contributed by atoms with Crippen LogP contribution in [0.3, 0.4) is 0 Å². The molecule has 3 heterocycles. The molecule has 6 nitrogen and oxygen atoms in total. The van der Waals surface area contributed by atoms with Gasteiger partial charge in [-0.2, -0.15) is 16.4 Å². The van der Waals surface area contributed by atoms with Crippen molar-refractivity contribution in [1.82, 2.24) is 25.4 Å². The lowest BCUT2D eigenvalue weighted by molar-refractivity contribution is 0.392. The number of nitrogens with zero attached hydrogens (tertiary/aromatic N) is 4. The summed E-state index contributed by atoms with van der Waals surface area (Å²) in [5.74, 6) is 3.28. The van der Waals surface area contributed by atoms with E-state index in [9.17, 15) is 0 Å². The third-order valence-corrected chi connectivity index (χ3v) is 4.99. The van der Waals surface area contributed by atoms with Crippen LogP contribution in [0.15, 0.2) is 21.8 Å². The van der Waals surface area contributed by atoms with Gasteiger partial charge in [-0.1, -0.05) is 6.92 Å². The van der Waals surface area contributed by atoms with Crippen molar-refractivity contribution in [3.05, 3.63) is 34.0 Å². The van der Waals surface area contributed by atoms with E-state index < -0.39 is 0 Å². The first kappa shape index (κ1) is 20.2. The Balaban J connectivity index is 0.00000225. The first-order chi connectivity index (χ1) is 11.7. The van der Waals surface area contributed by atoms with Gasteiger partial charge in [-0.15, -0.1) is 24.0 Å². The van der Waals surface area contributed by atoms with E-state index in [-0.39, 0.29) is 24.0 Å². The van der Waals surface area contributed by atoms with E-state index in [4.69, 9.17) is 4.99 Å². The highest BCUT2D eigenvalue weighted by molar-refractivity contribution is 14.0. The maximum Gasteiger partial charge on any atom is 0.191 e. The number of thiophene rings is 1. The largest absolute Gasteiger partial charge is 0.357 e. The SMILES string of the molecule is CCNC(=NCC(C)c1ccsc1)NC1CCc2nc(C)nn2C1.I. The van der Waals surface area contributed by atoms with Crippen LogP contribution in [0.2, 0.25) is 0 Å². The van der Waals surface area contributed by atoms with Gasteiger partial charge in [0.05, 0.1) is 6.54 Å². The number of fused-ring (bicyclic) bond motifs is 1. The Kier molecular flexibility index (Phi) is 7.67. The van der Waals surface area contributed by atoms with Crippen LogP contribution in [0, 0.1) is 6.92 Å². The summed E-state index contributed by atoms with van der Waals surface area (Å²) >= 11 is 1.74. The van der Waals surface area contributed by atoms with Gasteiger partial charge in [0.2, 0.25) is 0 Å². The summed E-state index contributed by atoms with van der Waals surface area (Å²) in [6.07, 6.45) is 2.02. The first-order valence-electron chi connectivity index (χ1n) is 8.63. The maximum atomic E-state index is 4.78. The molecule has 0 saturated heterocycles. The zero-order chi connectivity index (χ0) is 16.9. The molecule has 3 rings (SSSR count). The number of halogens is 1. The molecule has 25 heavy (non-hydrogen) atoms. The van der Waals surface area contributed by atoms with E-state index in [1.165, 1.54) is 5.56 Å². The fraction of sp³-hybridized carbons (Fsp3) is 0.588. The highest BCUT2D eigenvalue weighted by atomic mass is 127. The summed E-state index contributed by atoms with van der Waals surface area (Å²) in [6, 6.07) is 2.52. The number of hydrogen-bond donors (Lipinski definition) is 2. The fourth-order valence-electron chi connectivity index (χ4n) is 2.95. The number of hydrogen-bond acceptors (Lipinski definition) is 4. The Hall–Kier alpha value is -1.16. The summed E-state index contributed by atoms with van der Waals surface area (Å²) in [7, 11) is 0. The Bertz CT molecular complexity index is 681. The smallest absolute Gasteiger partial charge is 0.191 e. The molecule has 0 bridgehead atoms. The van der Waals surface area contributed by atoms with Crippen molar-refractivity contribution in [3.63, 3.8) is 0 Å². The minimum absolute atomic E-state index is 0. The van der Waals surface area contributed by atoms with Gasteiger partial charge in [0.15, 0.2) is 5.96 Å². The Morgan fingerprint density at radius 3 is 3.08 bits per heavy atom. The predicted molar refractivity (Wildman–Crippen MR) is 114 cm³/mol. The summed E-state index contributed by atoms with van der Waals surface area (Å²) in [5, 5.41) is 15.7. The topological polar surface area (TPSA) is 67.1 Å². The molecule has 1 aliphatic heterocycles. The zero-order valence-electron chi connectivity index (χ0n) is 15.0. The minimum Gasteiger partial charge on any atom is -0.357 e. The maximum absolute atomic E-state index is 4.78. The molecule has 0 radical (unpaired) electrons. The van der Waals surface area contributed by atoms with Crippen LogP contribution in [0.5, 0.6) is 0 Å². The summed E-state index contributed by atoms with van der Waals surface area (Å²) in [6.45, 7) is 8.76. The van der Waals surface area contributed by atoms with Gasteiger partial charge in [0, 0.05) is 31.5 Å². The average Bonchev–Trinajstić information content (AvgIpc) is 3.20. The molecule has 0 aromatic carbocycles. The number of aromatic nitrogens is 3. The van der Waals surface area contributed by atoms with Crippen LogP contribution in [0.4, 0.5) is 0 Å². The summed E-state index contributed by atoms with van der Waals surface area (Å²) < 4.78 is 2.02. The molecule has 0 saturated carbocycles. The van der Waals surface area contributed by atoms with Gasteiger partial charge in [0.25, 0.3) is 0 Å². The Morgan fingerprint density at radius 1 is 1.52 bits per heavy atom. The molecule has 2 atom stereocenters. The molecule has 8 heteroatoms. The molecule has 2 aromatic heterocycles. The molecule has 2 N–H and O–H groups in total. The van der Waals surface area contributed by atoms with E-state index in [2.05, 4.69) is 51.4 Å². The van der Waals surface area contributed by atoms with Crippen molar-refractivity contribution in [2.45, 2.75) is 52.1 Å². The molecule has 2 unspecified atom stereocenters. The van der Waals surface area contributed by atoms with Gasteiger partial charge in [-0.25, -0.2) is 9.67 Å². The van der Waals surface area contributed by atoms with Gasteiger partial charge < -0.3 is 10.6 Å². The Labute approximate surface area is 170 Å². The second kappa shape index (κ2) is 9.51. The number of aryl methyl sites for hydroxylation is 2.